The maximum Gasteiger partial charge on any atom is 0.253 e. The van der Waals surface area contributed by atoms with Crippen molar-refractivity contribution in [3.8, 4) is 0 Å². The minimum Gasteiger partial charge on any atom is -0.364 e. The number of ether oxygens (including phenoxy) is 1. The molecule has 0 aromatic heterocycles. The van der Waals surface area contributed by atoms with Crippen LogP contribution in [0.3, 0.4) is 0 Å². The van der Waals surface area contributed by atoms with E-state index in [1.165, 1.54) is 0 Å². The summed E-state index contributed by atoms with van der Waals surface area (Å²) >= 11 is 0. The van der Waals surface area contributed by atoms with E-state index >= 15 is 0 Å². The Bertz CT molecular complexity index is 541. The van der Waals surface area contributed by atoms with E-state index in [2.05, 4.69) is 5.32 Å². The lowest BCUT2D eigenvalue weighted by atomic mass is 10.1. The second-order valence-corrected chi connectivity index (χ2v) is 5.60. The van der Waals surface area contributed by atoms with Crippen LogP contribution in [-0.2, 0) is 9.53 Å². The Morgan fingerprint density at radius 2 is 1.87 bits per heavy atom. The highest BCUT2D eigenvalue weighted by Gasteiger charge is 2.29. The lowest BCUT2D eigenvalue weighted by Crippen LogP contribution is -2.30. The monoisotopic (exact) mass is 319 g/mol. The van der Waals surface area contributed by atoms with E-state index in [1.807, 2.05) is 13.8 Å². The molecule has 1 aromatic carbocycles. The third-order valence-corrected chi connectivity index (χ3v) is 4.11. The molecular formula is C17H25N3O3. The van der Waals surface area contributed by atoms with Crippen molar-refractivity contribution in [3.05, 3.63) is 29.8 Å². The Morgan fingerprint density at radius 1 is 1.22 bits per heavy atom. The Balaban J connectivity index is 1.95. The summed E-state index contributed by atoms with van der Waals surface area (Å²) < 4.78 is 5.57. The molecule has 1 heterocycles. The second-order valence-electron chi connectivity index (χ2n) is 5.60. The molecule has 0 radical (unpaired) electrons. The Labute approximate surface area is 137 Å². The minimum absolute atomic E-state index is 0.00205. The molecule has 2 rings (SSSR count). The van der Waals surface area contributed by atoms with Crippen molar-refractivity contribution in [1.29, 1.82) is 0 Å². The molecule has 1 aliphatic rings. The van der Waals surface area contributed by atoms with Crippen molar-refractivity contribution < 1.29 is 14.3 Å². The summed E-state index contributed by atoms with van der Waals surface area (Å²) in [6, 6.07) is 6.94. The molecule has 0 unspecified atom stereocenters. The van der Waals surface area contributed by atoms with Crippen LogP contribution in [0.25, 0.3) is 0 Å². The predicted molar refractivity (Wildman–Crippen MR) is 89.3 cm³/mol. The maximum atomic E-state index is 12.2. The molecule has 6 nitrogen and oxygen atoms in total. The van der Waals surface area contributed by atoms with Gasteiger partial charge in [0.2, 0.25) is 0 Å². The summed E-state index contributed by atoms with van der Waals surface area (Å²) in [6.07, 6.45) is 1.03. The fourth-order valence-corrected chi connectivity index (χ4v) is 2.68. The van der Waals surface area contributed by atoms with Crippen LogP contribution in [0.5, 0.6) is 0 Å². The van der Waals surface area contributed by atoms with Crippen LogP contribution in [-0.4, -0.2) is 48.6 Å². The molecule has 6 heteroatoms. The van der Waals surface area contributed by atoms with Gasteiger partial charge in [-0.3, -0.25) is 9.59 Å². The molecule has 0 aliphatic carbocycles. The van der Waals surface area contributed by atoms with Crippen molar-refractivity contribution in [2.75, 3.05) is 25.0 Å². The molecule has 3 N–H and O–H groups in total. The van der Waals surface area contributed by atoms with Crippen LogP contribution in [0.15, 0.2) is 24.3 Å². The summed E-state index contributed by atoms with van der Waals surface area (Å²) in [5.41, 5.74) is 6.82. The van der Waals surface area contributed by atoms with E-state index in [4.69, 9.17) is 10.5 Å². The number of hydrogen-bond donors (Lipinski definition) is 2. The SMILES string of the molecule is CCN(CC)C(=O)c1ccc(NC(=O)[C@@H]2CC[C@H](CN)O2)cc1. The zero-order chi connectivity index (χ0) is 16.8. The second kappa shape index (κ2) is 8.08. The summed E-state index contributed by atoms with van der Waals surface area (Å²) in [7, 11) is 0. The van der Waals surface area contributed by atoms with Gasteiger partial charge in [-0.15, -0.1) is 0 Å². The van der Waals surface area contributed by atoms with Gasteiger partial charge >= 0.3 is 0 Å². The van der Waals surface area contributed by atoms with Crippen molar-refractivity contribution in [2.24, 2.45) is 5.73 Å². The largest absolute Gasteiger partial charge is 0.364 e. The number of nitrogens with one attached hydrogen (secondary N) is 1. The van der Waals surface area contributed by atoms with Gasteiger partial charge in [0.1, 0.15) is 6.10 Å². The van der Waals surface area contributed by atoms with Gasteiger partial charge in [-0.2, -0.15) is 0 Å². The number of benzene rings is 1. The zero-order valence-electron chi connectivity index (χ0n) is 13.7. The first-order chi connectivity index (χ1) is 11.1. The number of nitrogens with two attached hydrogens (primary N) is 1. The first-order valence-corrected chi connectivity index (χ1v) is 8.14. The Morgan fingerprint density at radius 3 is 2.39 bits per heavy atom. The van der Waals surface area contributed by atoms with Gasteiger partial charge in [-0.1, -0.05) is 0 Å². The van der Waals surface area contributed by atoms with Crippen molar-refractivity contribution >= 4 is 17.5 Å². The average molecular weight is 319 g/mol. The van der Waals surface area contributed by atoms with Gasteiger partial charge in [0, 0.05) is 30.9 Å². The third kappa shape index (κ3) is 4.30. The van der Waals surface area contributed by atoms with E-state index < -0.39 is 6.10 Å². The Kier molecular flexibility index (Phi) is 6.12. The maximum absolute atomic E-state index is 12.2. The van der Waals surface area contributed by atoms with Crippen LogP contribution >= 0.6 is 0 Å². The predicted octanol–water partition coefficient (Wildman–Crippen LogP) is 1.61. The lowest BCUT2D eigenvalue weighted by Gasteiger charge is -2.18. The first kappa shape index (κ1) is 17.4. The molecule has 2 atom stereocenters. The number of carbonyl (C=O) groups excluding carboxylic acids is 2. The smallest absolute Gasteiger partial charge is 0.253 e. The molecule has 0 spiro atoms. The first-order valence-electron chi connectivity index (χ1n) is 8.14. The lowest BCUT2D eigenvalue weighted by molar-refractivity contribution is -0.126. The van der Waals surface area contributed by atoms with Crippen LogP contribution in [0.2, 0.25) is 0 Å². The van der Waals surface area contributed by atoms with Gasteiger partial charge in [0.05, 0.1) is 6.10 Å². The van der Waals surface area contributed by atoms with E-state index in [0.717, 1.165) is 6.42 Å². The normalized spacial score (nSPS) is 20.3. The van der Waals surface area contributed by atoms with Gasteiger partial charge in [0.25, 0.3) is 11.8 Å². The number of hydrogen-bond acceptors (Lipinski definition) is 4. The zero-order valence-corrected chi connectivity index (χ0v) is 13.7. The van der Waals surface area contributed by atoms with E-state index in [0.29, 0.717) is 37.3 Å². The standard InChI is InChI=1S/C17H25N3O3/c1-3-20(4-2)17(22)12-5-7-13(8-6-12)19-16(21)15-10-9-14(11-18)23-15/h5-8,14-15H,3-4,9-11,18H2,1-2H3,(H,19,21)/t14-,15+/m1/s1. The molecule has 1 aromatic rings. The van der Waals surface area contributed by atoms with E-state index in [-0.39, 0.29) is 17.9 Å². The quantitative estimate of drug-likeness (QED) is 0.834. The summed E-state index contributed by atoms with van der Waals surface area (Å²) in [6.45, 7) is 5.69. The van der Waals surface area contributed by atoms with Crippen LogP contribution in [0.1, 0.15) is 37.0 Å². The van der Waals surface area contributed by atoms with Gasteiger partial charge in [-0.25, -0.2) is 0 Å². The highest BCUT2D eigenvalue weighted by molar-refractivity contribution is 5.97. The van der Waals surface area contributed by atoms with Crippen LogP contribution in [0, 0.1) is 0 Å². The molecule has 23 heavy (non-hydrogen) atoms. The van der Waals surface area contributed by atoms with Crippen molar-refractivity contribution in [1.82, 2.24) is 4.90 Å². The molecular weight excluding hydrogens is 294 g/mol. The number of nitrogens with zero attached hydrogens (tertiary/aromatic N) is 1. The van der Waals surface area contributed by atoms with Crippen molar-refractivity contribution in [3.63, 3.8) is 0 Å². The summed E-state index contributed by atoms with van der Waals surface area (Å²) in [5, 5.41) is 2.82. The van der Waals surface area contributed by atoms with Crippen molar-refractivity contribution in [2.45, 2.75) is 38.9 Å². The number of carbonyl (C=O) groups is 2. The van der Waals surface area contributed by atoms with E-state index in [9.17, 15) is 9.59 Å². The topological polar surface area (TPSA) is 84.7 Å². The highest BCUT2D eigenvalue weighted by atomic mass is 16.5. The summed E-state index contributed by atoms with van der Waals surface area (Å²) in [4.78, 5) is 26.1. The molecule has 0 bridgehead atoms. The number of rotatable bonds is 6. The average Bonchev–Trinajstić information content (AvgIpc) is 3.06. The van der Waals surface area contributed by atoms with E-state index in [1.54, 1.807) is 29.2 Å². The molecule has 0 saturated carbocycles. The minimum atomic E-state index is -0.444. The fourth-order valence-electron chi connectivity index (χ4n) is 2.68. The number of amides is 2. The highest BCUT2D eigenvalue weighted by Crippen LogP contribution is 2.20. The molecule has 1 saturated heterocycles. The molecule has 2 amide bonds. The number of anilines is 1. The molecule has 126 valence electrons. The van der Waals surface area contributed by atoms with Gasteiger partial charge < -0.3 is 20.7 Å². The van der Waals surface area contributed by atoms with Gasteiger partial charge in [-0.05, 0) is 51.0 Å². The van der Waals surface area contributed by atoms with Crippen LogP contribution in [0.4, 0.5) is 5.69 Å². The Hall–Kier alpha value is -1.92. The summed E-state index contributed by atoms with van der Waals surface area (Å²) in [5.74, 6) is -0.165. The molecule has 1 aliphatic heterocycles. The third-order valence-electron chi connectivity index (χ3n) is 4.11. The van der Waals surface area contributed by atoms with Crippen LogP contribution < -0.4 is 11.1 Å². The van der Waals surface area contributed by atoms with Gasteiger partial charge in [0.15, 0.2) is 0 Å². The molecule has 1 fully saturated rings. The fraction of sp³-hybridized carbons (Fsp3) is 0.529.